The Kier molecular flexibility index (Phi) is 4.91. The minimum atomic E-state index is -0.954. The second kappa shape index (κ2) is 6.66. The summed E-state index contributed by atoms with van der Waals surface area (Å²) in [6.07, 6.45) is 6.23. The lowest BCUT2D eigenvalue weighted by Gasteiger charge is -2.28. The van der Waals surface area contributed by atoms with E-state index in [1.165, 1.54) is 25.7 Å². The average Bonchev–Trinajstić information content (AvgIpc) is 2.64. The fourth-order valence-electron chi connectivity index (χ4n) is 2.80. The zero-order valence-corrected chi connectivity index (χ0v) is 11.5. The summed E-state index contributed by atoms with van der Waals surface area (Å²) >= 11 is 0. The molecule has 0 aliphatic carbocycles. The second-order valence-electron chi connectivity index (χ2n) is 5.20. The van der Waals surface area contributed by atoms with Crippen LogP contribution in [0.15, 0.2) is 18.2 Å². The van der Waals surface area contributed by atoms with Gasteiger partial charge in [0.05, 0.1) is 5.69 Å². The molecule has 1 fully saturated rings. The van der Waals surface area contributed by atoms with Crippen LogP contribution in [0.2, 0.25) is 0 Å². The third-order valence-corrected chi connectivity index (χ3v) is 3.86. The van der Waals surface area contributed by atoms with Crippen molar-refractivity contribution < 1.29 is 9.90 Å². The fourth-order valence-corrected chi connectivity index (χ4v) is 2.80. The maximum absolute atomic E-state index is 10.9. The van der Waals surface area contributed by atoms with E-state index < -0.39 is 5.97 Å². The van der Waals surface area contributed by atoms with E-state index in [9.17, 15) is 4.79 Å². The molecule has 1 N–H and O–H groups in total. The predicted octanol–water partition coefficient (Wildman–Crippen LogP) is 2.93. The van der Waals surface area contributed by atoms with Crippen molar-refractivity contribution in [1.82, 2.24) is 9.88 Å². The minimum Gasteiger partial charge on any atom is -0.477 e. The first-order valence-electron chi connectivity index (χ1n) is 7.14. The van der Waals surface area contributed by atoms with E-state index in [1.54, 1.807) is 12.1 Å². The molecular formula is C15H22N2O2. The van der Waals surface area contributed by atoms with Crippen molar-refractivity contribution in [3.63, 3.8) is 0 Å². The normalized spacial score (nSPS) is 21.0. The average molecular weight is 262 g/mol. The van der Waals surface area contributed by atoms with Gasteiger partial charge in [-0.05, 0) is 37.9 Å². The van der Waals surface area contributed by atoms with Crippen LogP contribution in [0.25, 0.3) is 0 Å². The third-order valence-electron chi connectivity index (χ3n) is 3.86. The van der Waals surface area contributed by atoms with Gasteiger partial charge < -0.3 is 5.11 Å². The van der Waals surface area contributed by atoms with Crippen LogP contribution in [0, 0.1) is 0 Å². The van der Waals surface area contributed by atoms with Gasteiger partial charge in [-0.2, -0.15) is 0 Å². The second-order valence-corrected chi connectivity index (χ2v) is 5.20. The van der Waals surface area contributed by atoms with Gasteiger partial charge in [0.2, 0.25) is 0 Å². The fraction of sp³-hybridized carbons (Fsp3) is 0.600. The molecule has 1 unspecified atom stereocenters. The highest BCUT2D eigenvalue weighted by molar-refractivity contribution is 5.85. The molecule has 2 heterocycles. The van der Waals surface area contributed by atoms with Crippen LogP contribution in [0.4, 0.5) is 0 Å². The maximum atomic E-state index is 10.9. The van der Waals surface area contributed by atoms with Crippen molar-refractivity contribution in [3.8, 4) is 0 Å². The summed E-state index contributed by atoms with van der Waals surface area (Å²) in [6, 6.07) is 5.86. The van der Waals surface area contributed by atoms with Crippen molar-refractivity contribution in [2.45, 2.75) is 51.6 Å². The summed E-state index contributed by atoms with van der Waals surface area (Å²) < 4.78 is 0. The Morgan fingerprint density at radius 1 is 1.42 bits per heavy atom. The van der Waals surface area contributed by atoms with Crippen molar-refractivity contribution in [3.05, 3.63) is 29.6 Å². The molecular weight excluding hydrogens is 240 g/mol. The molecule has 0 aromatic carbocycles. The van der Waals surface area contributed by atoms with Gasteiger partial charge in [0.1, 0.15) is 5.69 Å². The zero-order chi connectivity index (χ0) is 13.7. The van der Waals surface area contributed by atoms with Gasteiger partial charge in [-0.15, -0.1) is 0 Å². The van der Waals surface area contributed by atoms with Crippen molar-refractivity contribution >= 4 is 5.97 Å². The van der Waals surface area contributed by atoms with E-state index >= 15 is 0 Å². The molecule has 0 spiro atoms. The predicted molar refractivity (Wildman–Crippen MR) is 74.2 cm³/mol. The molecule has 4 nitrogen and oxygen atoms in total. The molecule has 0 bridgehead atoms. The standard InChI is InChI=1S/C15H22N2O2/c1-2-13-8-4-3-5-10-17(13)11-12-7-6-9-14(16-12)15(18)19/h6-7,9,13H,2-5,8,10-11H2,1H3,(H,18,19). The van der Waals surface area contributed by atoms with Crippen LogP contribution in [-0.4, -0.2) is 33.5 Å². The Labute approximate surface area is 114 Å². The van der Waals surface area contributed by atoms with E-state index in [-0.39, 0.29) is 5.69 Å². The topological polar surface area (TPSA) is 53.4 Å². The number of nitrogens with zero attached hydrogens (tertiary/aromatic N) is 2. The quantitative estimate of drug-likeness (QED) is 0.906. The number of likely N-dealkylation sites (tertiary alicyclic amines) is 1. The van der Waals surface area contributed by atoms with Gasteiger partial charge in [0.25, 0.3) is 0 Å². The first kappa shape index (κ1) is 14.0. The van der Waals surface area contributed by atoms with Crippen LogP contribution in [-0.2, 0) is 6.54 Å². The molecule has 104 valence electrons. The first-order chi connectivity index (χ1) is 9.20. The van der Waals surface area contributed by atoms with Gasteiger partial charge >= 0.3 is 5.97 Å². The number of carbonyl (C=O) groups is 1. The van der Waals surface area contributed by atoms with Crippen LogP contribution in [0.3, 0.4) is 0 Å². The van der Waals surface area contributed by atoms with Gasteiger partial charge in [0.15, 0.2) is 0 Å². The van der Waals surface area contributed by atoms with E-state index in [0.717, 1.165) is 25.2 Å². The Morgan fingerprint density at radius 3 is 3.00 bits per heavy atom. The lowest BCUT2D eigenvalue weighted by Crippen LogP contribution is -2.34. The molecule has 0 amide bonds. The lowest BCUT2D eigenvalue weighted by molar-refractivity contribution is 0.0689. The highest BCUT2D eigenvalue weighted by Crippen LogP contribution is 2.20. The molecule has 0 saturated carbocycles. The Hall–Kier alpha value is -1.42. The van der Waals surface area contributed by atoms with Crippen molar-refractivity contribution in [2.75, 3.05) is 6.54 Å². The number of hydrogen-bond donors (Lipinski definition) is 1. The molecule has 1 saturated heterocycles. The van der Waals surface area contributed by atoms with E-state index in [0.29, 0.717) is 6.04 Å². The number of aromatic carboxylic acids is 1. The van der Waals surface area contributed by atoms with Crippen molar-refractivity contribution in [1.29, 1.82) is 0 Å². The monoisotopic (exact) mass is 262 g/mol. The number of carboxylic acid groups (broad SMARTS) is 1. The first-order valence-corrected chi connectivity index (χ1v) is 7.14. The van der Waals surface area contributed by atoms with E-state index in [1.807, 2.05) is 6.07 Å². The van der Waals surface area contributed by atoms with Gasteiger partial charge in [-0.3, -0.25) is 4.90 Å². The third kappa shape index (κ3) is 3.77. The highest BCUT2D eigenvalue weighted by atomic mass is 16.4. The van der Waals surface area contributed by atoms with Crippen molar-refractivity contribution in [2.24, 2.45) is 0 Å². The summed E-state index contributed by atoms with van der Waals surface area (Å²) in [5.74, 6) is -0.954. The molecule has 1 aliphatic rings. The van der Waals surface area contributed by atoms with Crippen LogP contribution >= 0.6 is 0 Å². The zero-order valence-electron chi connectivity index (χ0n) is 11.5. The van der Waals surface area contributed by atoms with Gasteiger partial charge in [0, 0.05) is 12.6 Å². The molecule has 1 atom stereocenters. The molecule has 0 radical (unpaired) electrons. The molecule has 1 aromatic rings. The lowest BCUT2D eigenvalue weighted by atomic mass is 10.1. The SMILES string of the molecule is CCC1CCCCCN1Cc1cccc(C(=O)O)n1. The van der Waals surface area contributed by atoms with Crippen LogP contribution < -0.4 is 0 Å². The summed E-state index contributed by atoms with van der Waals surface area (Å²) in [7, 11) is 0. The molecule has 1 aromatic heterocycles. The van der Waals surface area contributed by atoms with Crippen LogP contribution in [0.1, 0.15) is 55.2 Å². The summed E-state index contributed by atoms with van der Waals surface area (Å²) in [5.41, 5.74) is 1.00. The number of pyridine rings is 1. The smallest absolute Gasteiger partial charge is 0.354 e. The number of aromatic nitrogens is 1. The molecule has 1 aliphatic heterocycles. The number of carboxylic acids is 1. The number of hydrogen-bond acceptors (Lipinski definition) is 3. The molecule has 2 rings (SSSR count). The molecule has 19 heavy (non-hydrogen) atoms. The minimum absolute atomic E-state index is 0.139. The van der Waals surface area contributed by atoms with Gasteiger partial charge in [-0.25, -0.2) is 9.78 Å². The van der Waals surface area contributed by atoms with E-state index in [4.69, 9.17) is 5.11 Å². The Balaban J connectivity index is 2.09. The van der Waals surface area contributed by atoms with Crippen LogP contribution in [0.5, 0.6) is 0 Å². The summed E-state index contributed by atoms with van der Waals surface area (Å²) in [5, 5.41) is 8.98. The Morgan fingerprint density at radius 2 is 2.26 bits per heavy atom. The Bertz CT molecular complexity index is 434. The maximum Gasteiger partial charge on any atom is 0.354 e. The summed E-state index contributed by atoms with van der Waals surface area (Å²) in [4.78, 5) is 17.6. The van der Waals surface area contributed by atoms with Gasteiger partial charge in [-0.1, -0.05) is 25.8 Å². The molecule has 4 heteroatoms. The highest BCUT2D eigenvalue weighted by Gasteiger charge is 2.20. The van der Waals surface area contributed by atoms with E-state index in [2.05, 4.69) is 16.8 Å². The largest absolute Gasteiger partial charge is 0.477 e. The summed E-state index contributed by atoms with van der Waals surface area (Å²) in [6.45, 7) is 4.08. The number of rotatable bonds is 4.